The smallest absolute Gasteiger partial charge is 0.157 e. The van der Waals surface area contributed by atoms with Crippen molar-refractivity contribution in [3.63, 3.8) is 0 Å². The lowest BCUT2D eigenvalue weighted by Crippen LogP contribution is -2.35. The quantitative estimate of drug-likeness (QED) is 0.618. The summed E-state index contributed by atoms with van der Waals surface area (Å²) in [6.07, 6.45) is 12.9. The predicted octanol–water partition coefficient (Wildman–Crippen LogP) is 5.15. The topological polar surface area (TPSA) is 46.2 Å². The monoisotopic (exact) mass is 418 g/mol. The van der Waals surface area contributed by atoms with Crippen molar-refractivity contribution < 1.29 is 23.7 Å². The van der Waals surface area contributed by atoms with Gasteiger partial charge in [0.15, 0.2) is 5.76 Å². The third-order valence-corrected chi connectivity index (χ3v) is 7.07. The highest BCUT2D eigenvalue weighted by Gasteiger charge is 2.38. The van der Waals surface area contributed by atoms with E-state index in [-0.39, 0.29) is 18.1 Å². The second-order valence-electron chi connectivity index (χ2n) is 8.56. The maximum absolute atomic E-state index is 5.91. The van der Waals surface area contributed by atoms with Crippen molar-refractivity contribution in [2.75, 3.05) is 35.5 Å². The van der Waals surface area contributed by atoms with Gasteiger partial charge in [0.05, 0.1) is 33.5 Å². The molecule has 0 spiro atoms. The summed E-state index contributed by atoms with van der Waals surface area (Å²) in [5.74, 6) is 3.46. The minimum atomic E-state index is 0.0729. The van der Waals surface area contributed by atoms with Gasteiger partial charge in [0.25, 0.3) is 0 Å². The zero-order valence-electron chi connectivity index (χ0n) is 19.4. The van der Waals surface area contributed by atoms with Crippen molar-refractivity contribution >= 4 is 0 Å². The van der Waals surface area contributed by atoms with Crippen LogP contribution in [0.25, 0.3) is 0 Å². The first-order valence-corrected chi connectivity index (χ1v) is 11.1. The number of fused-ring (bicyclic) bond motifs is 5. The highest BCUT2D eigenvalue weighted by molar-refractivity contribution is 5.40. The average Bonchev–Trinajstić information content (AvgIpc) is 2.77. The van der Waals surface area contributed by atoms with Gasteiger partial charge >= 0.3 is 0 Å². The Morgan fingerprint density at radius 3 is 2.23 bits per heavy atom. The van der Waals surface area contributed by atoms with Crippen molar-refractivity contribution in [3.05, 3.63) is 46.7 Å². The summed E-state index contributed by atoms with van der Waals surface area (Å²) >= 11 is 0. The van der Waals surface area contributed by atoms with Crippen LogP contribution in [-0.2, 0) is 23.7 Å². The van der Waals surface area contributed by atoms with E-state index in [4.69, 9.17) is 23.7 Å². The Balaban J connectivity index is 2.07. The molecule has 1 fully saturated rings. The summed E-state index contributed by atoms with van der Waals surface area (Å²) in [6, 6.07) is 0. The molecule has 0 heterocycles. The van der Waals surface area contributed by atoms with Crippen LogP contribution in [0.4, 0.5) is 0 Å². The highest BCUT2D eigenvalue weighted by atomic mass is 16.5. The molecule has 5 heteroatoms. The molecule has 0 saturated heterocycles. The van der Waals surface area contributed by atoms with Crippen molar-refractivity contribution in [1.82, 2.24) is 0 Å². The SMILES string of the molecule is COC1=C(OC)C2CC(=C1)CCCCC(OC)C(OC)CC1C=CC(OC)=C2C1C. The van der Waals surface area contributed by atoms with Gasteiger partial charge in [-0.15, -0.1) is 0 Å². The summed E-state index contributed by atoms with van der Waals surface area (Å²) in [4.78, 5) is 0. The van der Waals surface area contributed by atoms with Crippen LogP contribution in [-0.4, -0.2) is 47.8 Å². The molecular weight excluding hydrogens is 380 g/mol. The molecule has 3 aliphatic carbocycles. The molecule has 30 heavy (non-hydrogen) atoms. The Morgan fingerprint density at radius 2 is 1.60 bits per heavy atom. The van der Waals surface area contributed by atoms with Crippen LogP contribution in [0.1, 0.15) is 45.4 Å². The Kier molecular flexibility index (Phi) is 8.06. The molecule has 5 unspecified atom stereocenters. The van der Waals surface area contributed by atoms with Gasteiger partial charge < -0.3 is 23.7 Å². The third kappa shape index (κ3) is 4.62. The van der Waals surface area contributed by atoms with Gasteiger partial charge in [-0.2, -0.15) is 0 Å². The molecule has 1 saturated carbocycles. The standard InChI is InChI=1S/C25H38O5/c1-16-18-11-12-21(27-3)24(16)19-13-17(14-23(29-5)25(19)30-6)9-7-8-10-20(26-2)22(15-18)28-4/h11-12,14,16,18-20,22H,7-10,13,15H2,1-6H3. The molecule has 0 aromatic heterocycles. The first kappa shape index (κ1) is 23.0. The first-order valence-electron chi connectivity index (χ1n) is 11.1. The molecule has 0 aromatic carbocycles. The normalized spacial score (nSPS) is 32.6. The highest BCUT2D eigenvalue weighted by Crippen LogP contribution is 2.46. The molecular formula is C25H38O5. The summed E-state index contributed by atoms with van der Waals surface area (Å²) in [5.41, 5.74) is 2.71. The first-order chi connectivity index (χ1) is 14.6. The van der Waals surface area contributed by atoms with E-state index in [2.05, 4.69) is 25.2 Å². The third-order valence-electron chi connectivity index (χ3n) is 7.07. The van der Waals surface area contributed by atoms with Gasteiger partial charge in [0, 0.05) is 20.1 Å². The lowest BCUT2D eigenvalue weighted by atomic mass is 9.71. The van der Waals surface area contributed by atoms with E-state index < -0.39 is 0 Å². The van der Waals surface area contributed by atoms with Gasteiger partial charge in [-0.25, -0.2) is 0 Å². The van der Waals surface area contributed by atoms with E-state index in [1.165, 1.54) is 11.1 Å². The van der Waals surface area contributed by atoms with Crippen LogP contribution in [0.3, 0.4) is 0 Å². The minimum Gasteiger partial charge on any atom is -0.497 e. The fourth-order valence-electron chi connectivity index (χ4n) is 5.38. The van der Waals surface area contributed by atoms with Gasteiger partial charge in [-0.1, -0.05) is 25.0 Å². The molecule has 0 aliphatic heterocycles. The maximum Gasteiger partial charge on any atom is 0.157 e. The Morgan fingerprint density at radius 1 is 0.867 bits per heavy atom. The second-order valence-corrected chi connectivity index (χ2v) is 8.56. The van der Waals surface area contributed by atoms with Crippen LogP contribution in [0.5, 0.6) is 0 Å². The molecule has 5 nitrogen and oxygen atoms in total. The molecule has 3 rings (SSSR count). The summed E-state index contributed by atoms with van der Waals surface area (Å²) in [5, 5.41) is 0. The number of ether oxygens (including phenoxy) is 5. The summed E-state index contributed by atoms with van der Waals surface area (Å²) < 4.78 is 29.2. The van der Waals surface area contributed by atoms with E-state index in [1.54, 1.807) is 35.5 Å². The van der Waals surface area contributed by atoms with Crippen LogP contribution < -0.4 is 0 Å². The maximum atomic E-state index is 5.91. The van der Waals surface area contributed by atoms with Gasteiger partial charge in [0.2, 0.25) is 0 Å². The molecule has 4 bridgehead atoms. The second kappa shape index (κ2) is 10.5. The predicted molar refractivity (Wildman–Crippen MR) is 118 cm³/mol. The van der Waals surface area contributed by atoms with Crippen LogP contribution >= 0.6 is 0 Å². The van der Waals surface area contributed by atoms with Crippen molar-refractivity contribution in [3.8, 4) is 0 Å². The fourth-order valence-corrected chi connectivity index (χ4v) is 5.38. The van der Waals surface area contributed by atoms with Gasteiger partial charge in [-0.05, 0) is 61.7 Å². The average molecular weight is 419 g/mol. The molecule has 0 radical (unpaired) electrons. The largest absolute Gasteiger partial charge is 0.497 e. The number of hydrogen-bond donors (Lipinski definition) is 0. The van der Waals surface area contributed by atoms with Crippen molar-refractivity contribution in [2.24, 2.45) is 17.8 Å². The Hall–Kier alpha value is -1.72. The van der Waals surface area contributed by atoms with E-state index in [9.17, 15) is 0 Å². The van der Waals surface area contributed by atoms with Crippen LogP contribution in [0.2, 0.25) is 0 Å². The van der Waals surface area contributed by atoms with Crippen molar-refractivity contribution in [1.29, 1.82) is 0 Å². The molecule has 3 aliphatic rings. The zero-order chi connectivity index (χ0) is 21.7. The summed E-state index contributed by atoms with van der Waals surface area (Å²) in [7, 11) is 8.83. The lowest BCUT2D eigenvalue weighted by Gasteiger charge is -2.37. The fraction of sp³-hybridized carbons (Fsp3) is 0.680. The van der Waals surface area contributed by atoms with E-state index in [0.29, 0.717) is 11.8 Å². The van der Waals surface area contributed by atoms with E-state index in [1.807, 2.05) is 0 Å². The molecule has 0 N–H and O–H groups in total. The number of methoxy groups -OCH3 is 5. The molecule has 5 atom stereocenters. The van der Waals surface area contributed by atoms with Crippen molar-refractivity contribution in [2.45, 2.75) is 57.7 Å². The van der Waals surface area contributed by atoms with Crippen LogP contribution in [0.15, 0.2) is 46.7 Å². The minimum absolute atomic E-state index is 0.0729. The number of hydrogen-bond acceptors (Lipinski definition) is 5. The van der Waals surface area contributed by atoms with Gasteiger partial charge in [-0.3, -0.25) is 0 Å². The van der Waals surface area contributed by atoms with Crippen LogP contribution in [0, 0.1) is 17.8 Å². The zero-order valence-corrected chi connectivity index (χ0v) is 19.4. The van der Waals surface area contributed by atoms with E-state index in [0.717, 1.165) is 55.8 Å². The lowest BCUT2D eigenvalue weighted by molar-refractivity contribution is -0.0505. The summed E-state index contributed by atoms with van der Waals surface area (Å²) in [6.45, 7) is 2.30. The number of rotatable bonds is 5. The Bertz CT molecular complexity index is 717. The van der Waals surface area contributed by atoms with Gasteiger partial charge in [0.1, 0.15) is 11.5 Å². The molecule has 168 valence electrons. The van der Waals surface area contributed by atoms with E-state index >= 15 is 0 Å². The number of allylic oxidation sites excluding steroid dienone is 5. The molecule has 0 amide bonds. The Labute approximate surface area is 181 Å². The molecule has 0 aromatic rings.